The van der Waals surface area contributed by atoms with Crippen molar-refractivity contribution in [2.45, 2.75) is 42.9 Å². The number of likely N-dealkylation sites (tertiary alicyclic amines) is 1. The van der Waals surface area contributed by atoms with Crippen molar-refractivity contribution in [3.63, 3.8) is 0 Å². The molecule has 1 aromatic carbocycles. The molecule has 3 aromatic rings. The number of aromatic nitrogens is 2. The van der Waals surface area contributed by atoms with Crippen LogP contribution < -0.4 is 0 Å². The Morgan fingerprint density at radius 2 is 1.79 bits per heavy atom. The Hall–Kier alpha value is -2.56. The Kier molecular flexibility index (Phi) is 6.31. The number of amides is 1. The van der Waals surface area contributed by atoms with Crippen molar-refractivity contribution in [3.8, 4) is 11.4 Å². The molecule has 2 fully saturated rings. The average Bonchev–Trinajstić information content (AvgIpc) is 3.62. The smallest absolute Gasteiger partial charge is 0.243 e. The molecule has 5 rings (SSSR count). The molecule has 2 aliphatic heterocycles. The van der Waals surface area contributed by atoms with Gasteiger partial charge in [0.15, 0.2) is 0 Å². The minimum Gasteiger partial charge on any atom is -0.342 e. The third kappa shape index (κ3) is 4.73. The fourth-order valence-corrected chi connectivity index (χ4v) is 6.63. The van der Waals surface area contributed by atoms with Gasteiger partial charge in [0.1, 0.15) is 0 Å². The largest absolute Gasteiger partial charge is 0.342 e. The highest BCUT2D eigenvalue weighted by molar-refractivity contribution is 7.89. The normalized spacial score (nSPS) is 18.1. The number of hydrogen-bond acceptors (Lipinski definition) is 7. The van der Waals surface area contributed by atoms with Crippen LogP contribution in [-0.4, -0.2) is 59.8 Å². The zero-order valence-corrected chi connectivity index (χ0v) is 19.9. The fourth-order valence-electron chi connectivity index (χ4n) is 4.42. The molecule has 2 aromatic heterocycles. The second kappa shape index (κ2) is 9.36. The standard InChI is InChI=1S/C23H26N4O4S2/c28-21(16-19-4-3-15-32-19)26-13-9-18(10-14-26)23-24-22(25-31-23)17-5-7-20(8-6-17)33(29,30)27-11-1-2-12-27/h3-8,15,18H,1-2,9-14,16H2. The van der Waals surface area contributed by atoms with Crippen molar-refractivity contribution >= 4 is 27.3 Å². The summed E-state index contributed by atoms with van der Waals surface area (Å²) in [5, 5.41) is 6.10. The second-order valence-corrected chi connectivity index (χ2v) is 11.5. The number of carbonyl (C=O) groups is 1. The molecule has 0 unspecified atom stereocenters. The maximum Gasteiger partial charge on any atom is 0.243 e. The molecule has 8 nitrogen and oxygen atoms in total. The SMILES string of the molecule is O=C(Cc1cccs1)N1CCC(c2nc(-c3ccc(S(=O)(=O)N4CCCC4)cc3)no2)CC1. The first-order chi connectivity index (χ1) is 16.0. The number of sulfonamides is 1. The molecule has 33 heavy (non-hydrogen) atoms. The lowest BCUT2D eigenvalue weighted by Gasteiger charge is -2.30. The molecule has 1 amide bonds. The molecule has 2 saturated heterocycles. The fraction of sp³-hybridized carbons (Fsp3) is 0.435. The maximum absolute atomic E-state index is 12.7. The van der Waals surface area contributed by atoms with E-state index in [1.807, 2.05) is 22.4 Å². The van der Waals surface area contributed by atoms with E-state index >= 15 is 0 Å². The van der Waals surface area contributed by atoms with Gasteiger partial charge in [-0.25, -0.2) is 8.42 Å². The van der Waals surface area contributed by atoms with Gasteiger partial charge in [0.25, 0.3) is 0 Å². The van der Waals surface area contributed by atoms with Crippen LogP contribution in [0, 0.1) is 0 Å². The van der Waals surface area contributed by atoms with Gasteiger partial charge in [0.05, 0.1) is 11.3 Å². The van der Waals surface area contributed by atoms with Gasteiger partial charge < -0.3 is 9.42 Å². The summed E-state index contributed by atoms with van der Waals surface area (Å²) < 4.78 is 32.5. The lowest BCUT2D eigenvalue weighted by atomic mass is 9.96. The van der Waals surface area contributed by atoms with Gasteiger partial charge in [-0.3, -0.25) is 4.79 Å². The van der Waals surface area contributed by atoms with E-state index in [0.717, 1.165) is 30.6 Å². The third-order valence-electron chi connectivity index (χ3n) is 6.36. The average molecular weight is 487 g/mol. The minimum absolute atomic E-state index is 0.117. The predicted molar refractivity (Wildman–Crippen MR) is 124 cm³/mol. The first-order valence-corrected chi connectivity index (χ1v) is 13.6. The zero-order valence-electron chi connectivity index (χ0n) is 18.2. The van der Waals surface area contributed by atoms with Crippen LogP contribution in [0.5, 0.6) is 0 Å². The molecular weight excluding hydrogens is 460 g/mol. The van der Waals surface area contributed by atoms with E-state index in [9.17, 15) is 13.2 Å². The number of nitrogens with zero attached hydrogens (tertiary/aromatic N) is 4. The van der Waals surface area contributed by atoms with Crippen LogP contribution in [0.1, 0.15) is 42.4 Å². The van der Waals surface area contributed by atoms with Gasteiger partial charge in [-0.1, -0.05) is 11.2 Å². The molecule has 0 atom stereocenters. The van der Waals surface area contributed by atoms with E-state index in [4.69, 9.17) is 4.52 Å². The monoisotopic (exact) mass is 486 g/mol. The quantitative estimate of drug-likeness (QED) is 0.529. The van der Waals surface area contributed by atoms with Crippen LogP contribution in [0.4, 0.5) is 0 Å². The summed E-state index contributed by atoms with van der Waals surface area (Å²) in [4.78, 5) is 20.4. The van der Waals surface area contributed by atoms with Crippen LogP contribution in [0.3, 0.4) is 0 Å². The first kappa shape index (κ1) is 22.2. The number of carbonyl (C=O) groups excluding carboxylic acids is 1. The number of piperidine rings is 1. The number of thiophene rings is 1. The molecule has 10 heteroatoms. The Morgan fingerprint density at radius 3 is 2.45 bits per heavy atom. The lowest BCUT2D eigenvalue weighted by molar-refractivity contribution is -0.131. The molecule has 2 aliphatic rings. The third-order valence-corrected chi connectivity index (χ3v) is 9.15. The number of rotatable bonds is 6. The topological polar surface area (TPSA) is 96.6 Å². The molecule has 0 N–H and O–H groups in total. The summed E-state index contributed by atoms with van der Waals surface area (Å²) in [6.07, 6.45) is 3.83. The molecule has 0 aliphatic carbocycles. The van der Waals surface area contributed by atoms with Crippen molar-refractivity contribution < 1.29 is 17.7 Å². The molecule has 0 spiro atoms. The highest BCUT2D eigenvalue weighted by atomic mass is 32.2. The molecule has 0 saturated carbocycles. The van der Waals surface area contributed by atoms with Crippen molar-refractivity contribution in [2.75, 3.05) is 26.2 Å². The molecule has 0 radical (unpaired) electrons. The zero-order chi connectivity index (χ0) is 22.8. The Labute approximate surface area is 197 Å². The molecule has 4 heterocycles. The van der Waals surface area contributed by atoms with E-state index in [1.54, 1.807) is 35.6 Å². The molecule has 174 valence electrons. The molecular formula is C23H26N4O4S2. The van der Waals surface area contributed by atoms with E-state index in [2.05, 4.69) is 10.1 Å². The van der Waals surface area contributed by atoms with Crippen LogP contribution in [-0.2, 0) is 21.2 Å². The summed E-state index contributed by atoms with van der Waals surface area (Å²) in [5.74, 6) is 1.30. The lowest BCUT2D eigenvalue weighted by Crippen LogP contribution is -2.38. The van der Waals surface area contributed by atoms with Crippen molar-refractivity contribution in [1.29, 1.82) is 0 Å². The van der Waals surface area contributed by atoms with Crippen LogP contribution >= 0.6 is 11.3 Å². The van der Waals surface area contributed by atoms with Crippen molar-refractivity contribution in [1.82, 2.24) is 19.3 Å². The summed E-state index contributed by atoms with van der Waals surface area (Å²) >= 11 is 1.61. The van der Waals surface area contributed by atoms with E-state index < -0.39 is 10.0 Å². The Balaban J connectivity index is 1.20. The maximum atomic E-state index is 12.7. The molecule has 0 bridgehead atoms. The van der Waals surface area contributed by atoms with Crippen LogP contribution in [0.25, 0.3) is 11.4 Å². The van der Waals surface area contributed by atoms with E-state index in [-0.39, 0.29) is 16.7 Å². The van der Waals surface area contributed by atoms with Crippen molar-refractivity contribution in [3.05, 3.63) is 52.5 Å². The van der Waals surface area contributed by atoms with E-state index in [0.29, 0.717) is 49.9 Å². The van der Waals surface area contributed by atoms with E-state index in [1.165, 1.54) is 4.31 Å². The van der Waals surface area contributed by atoms with Gasteiger partial charge in [-0.15, -0.1) is 11.3 Å². The summed E-state index contributed by atoms with van der Waals surface area (Å²) in [5.41, 5.74) is 0.717. The number of benzene rings is 1. The first-order valence-electron chi connectivity index (χ1n) is 11.2. The Morgan fingerprint density at radius 1 is 1.06 bits per heavy atom. The summed E-state index contributed by atoms with van der Waals surface area (Å²) in [6, 6.07) is 10.6. The van der Waals surface area contributed by atoms with Gasteiger partial charge in [0, 0.05) is 42.5 Å². The predicted octanol–water partition coefficient (Wildman–Crippen LogP) is 3.53. The highest BCUT2D eigenvalue weighted by Crippen LogP contribution is 2.30. The second-order valence-electron chi connectivity index (χ2n) is 8.50. The highest BCUT2D eigenvalue weighted by Gasteiger charge is 2.29. The Bertz CT molecular complexity index is 1190. The van der Waals surface area contributed by atoms with Gasteiger partial charge in [-0.05, 0) is 61.4 Å². The minimum atomic E-state index is -3.44. The van der Waals surface area contributed by atoms with Crippen LogP contribution in [0.2, 0.25) is 0 Å². The van der Waals surface area contributed by atoms with Gasteiger partial charge in [0.2, 0.25) is 27.6 Å². The number of hydrogen-bond donors (Lipinski definition) is 0. The summed E-state index contributed by atoms with van der Waals surface area (Å²) in [6.45, 7) is 2.51. The summed E-state index contributed by atoms with van der Waals surface area (Å²) in [7, 11) is -3.44. The van der Waals surface area contributed by atoms with Crippen LogP contribution in [0.15, 0.2) is 51.2 Å². The van der Waals surface area contributed by atoms with Crippen molar-refractivity contribution in [2.24, 2.45) is 0 Å². The van der Waals surface area contributed by atoms with Gasteiger partial charge >= 0.3 is 0 Å². The van der Waals surface area contributed by atoms with Gasteiger partial charge in [-0.2, -0.15) is 9.29 Å².